The van der Waals surface area contributed by atoms with Gasteiger partial charge < -0.3 is 16.0 Å². The van der Waals surface area contributed by atoms with E-state index in [1.807, 2.05) is 11.4 Å². The molecule has 3 N–H and O–H groups in total. The second kappa shape index (κ2) is 11.0. The first-order valence-corrected chi connectivity index (χ1v) is 8.07. The Hall–Kier alpha value is -1.68. The molecule has 130 valence electrons. The molecule has 0 unspecified atom stereocenters. The Bertz CT molecular complexity index is 664. The molecule has 0 aliphatic heterocycles. The van der Waals surface area contributed by atoms with Crippen molar-refractivity contribution in [3.05, 3.63) is 52.5 Å². The van der Waals surface area contributed by atoms with E-state index >= 15 is 0 Å². The van der Waals surface area contributed by atoms with Crippen LogP contribution in [0.5, 0.6) is 0 Å². The molecule has 0 bridgehead atoms. The van der Waals surface area contributed by atoms with Gasteiger partial charge in [-0.25, -0.2) is 4.39 Å². The summed E-state index contributed by atoms with van der Waals surface area (Å²) in [6.45, 7) is 0.779. The van der Waals surface area contributed by atoms with Crippen molar-refractivity contribution in [2.75, 3.05) is 25.5 Å². The summed E-state index contributed by atoms with van der Waals surface area (Å²) in [5.41, 5.74) is 0.428. The topological polar surface area (TPSA) is 65.5 Å². The summed E-state index contributed by atoms with van der Waals surface area (Å²) < 4.78 is 13.0. The van der Waals surface area contributed by atoms with Crippen molar-refractivity contribution in [2.45, 2.75) is 6.42 Å². The monoisotopic (exact) mass is 462 g/mol. The molecule has 0 aliphatic carbocycles. The van der Waals surface area contributed by atoms with Gasteiger partial charge in [-0.2, -0.15) is 0 Å². The minimum atomic E-state index is -0.387. The number of amides is 1. The predicted molar refractivity (Wildman–Crippen MR) is 108 cm³/mol. The summed E-state index contributed by atoms with van der Waals surface area (Å²) in [6, 6.07) is 9.87. The maximum absolute atomic E-state index is 13.0. The highest BCUT2D eigenvalue weighted by molar-refractivity contribution is 14.0. The summed E-state index contributed by atoms with van der Waals surface area (Å²) in [4.78, 5) is 17.2. The molecule has 24 heavy (non-hydrogen) atoms. The van der Waals surface area contributed by atoms with E-state index in [1.165, 1.54) is 17.0 Å². The van der Waals surface area contributed by atoms with Gasteiger partial charge in [0.2, 0.25) is 5.91 Å². The fourth-order valence-corrected chi connectivity index (χ4v) is 2.62. The van der Waals surface area contributed by atoms with E-state index in [0.29, 0.717) is 11.6 Å². The number of guanidine groups is 1. The molecule has 0 aliphatic rings. The van der Waals surface area contributed by atoms with Crippen molar-refractivity contribution >= 4 is 52.9 Å². The molecule has 5 nitrogen and oxygen atoms in total. The Morgan fingerprint density at radius 1 is 1.25 bits per heavy atom. The first-order valence-electron chi connectivity index (χ1n) is 7.19. The quantitative estimate of drug-likeness (QED) is 0.352. The highest BCUT2D eigenvalue weighted by Gasteiger charge is 2.05. The van der Waals surface area contributed by atoms with E-state index in [0.717, 1.165) is 13.0 Å². The number of carbonyl (C=O) groups is 1. The molecule has 0 atom stereocenters. The van der Waals surface area contributed by atoms with Crippen LogP contribution in [-0.4, -0.2) is 32.0 Å². The zero-order valence-electron chi connectivity index (χ0n) is 13.2. The highest BCUT2D eigenvalue weighted by atomic mass is 127. The first kappa shape index (κ1) is 20.4. The summed E-state index contributed by atoms with van der Waals surface area (Å²) in [7, 11) is 1.64. The van der Waals surface area contributed by atoms with Crippen LogP contribution in [0.25, 0.3) is 0 Å². The fraction of sp³-hybridized carbons (Fsp3) is 0.250. The Kier molecular flexibility index (Phi) is 9.31. The summed E-state index contributed by atoms with van der Waals surface area (Å²) in [5, 5.41) is 10.7. The maximum atomic E-state index is 13.0. The molecule has 2 rings (SSSR count). The molecule has 0 saturated carbocycles. The minimum Gasteiger partial charge on any atom is -0.356 e. The number of nitrogens with zero attached hydrogens (tertiary/aromatic N) is 1. The highest BCUT2D eigenvalue weighted by Crippen LogP contribution is 2.09. The van der Waals surface area contributed by atoms with E-state index in [4.69, 9.17) is 0 Å². The summed E-state index contributed by atoms with van der Waals surface area (Å²) >= 11 is 1.71. The molecule has 0 spiro atoms. The van der Waals surface area contributed by atoms with Crippen LogP contribution in [0.3, 0.4) is 0 Å². The predicted octanol–water partition coefficient (Wildman–Crippen LogP) is 2.85. The minimum absolute atomic E-state index is 0. The van der Waals surface area contributed by atoms with Crippen molar-refractivity contribution in [1.29, 1.82) is 0 Å². The number of rotatable bonds is 6. The van der Waals surface area contributed by atoms with Crippen LogP contribution in [0, 0.1) is 5.82 Å². The first-order chi connectivity index (χ1) is 11.2. The van der Waals surface area contributed by atoms with Crippen molar-refractivity contribution in [3.63, 3.8) is 0 Å². The molecule has 0 radical (unpaired) electrons. The molecule has 1 aromatic heterocycles. The van der Waals surface area contributed by atoms with Crippen LogP contribution in [0.1, 0.15) is 4.88 Å². The lowest BCUT2D eigenvalue weighted by Gasteiger charge is -2.11. The zero-order chi connectivity index (χ0) is 16.5. The molecular formula is C16H20FIN4OS. The van der Waals surface area contributed by atoms with Gasteiger partial charge in [0.25, 0.3) is 0 Å². The molecule has 8 heteroatoms. The molecule has 2 aromatic rings. The third kappa shape index (κ3) is 7.26. The lowest BCUT2D eigenvalue weighted by atomic mass is 10.3. The van der Waals surface area contributed by atoms with Gasteiger partial charge in [-0.1, -0.05) is 12.1 Å². The van der Waals surface area contributed by atoms with Crippen LogP contribution in [0.2, 0.25) is 0 Å². The number of halogens is 2. The number of thiophene rings is 1. The Morgan fingerprint density at radius 2 is 2.08 bits per heavy atom. The van der Waals surface area contributed by atoms with Gasteiger partial charge in [0, 0.05) is 24.2 Å². The van der Waals surface area contributed by atoms with Crippen molar-refractivity contribution in [1.82, 2.24) is 10.6 Å². The summed E-state index contributed by atoms with van der Waals surface area (Å²) in [5.74, 6) is -0.102. The van der Waals surface area contributed by atoms with Gasteiger partial charge in [-0.15, -0.1) is 35.3 Å². The van der Waals surface area contributed by atoms with Crippen molar-refractivity contribution in [3.8, 4) is 0 Å². The van der Waals surface area contributed by atoms with E-state index in [-0.39, 0.29) is 42.2 Å². The van der Waals surface area contributed by atoms with Crippen LogP contribution < -0.4 is 16.0 Å². The smallest absolute Gasteiger partial charge is 0.243 e. The zero-order valence-corrected chi connectivity index (χ0v) is 16.4. The van der Waals surface area contributed by atoms with Crippen LogP contribution >= 0.6 is 35.3 Å². The number of benzene rings is 1. The average molecular weight is 462 g/mol. The lowest BCUT2D eigenvalue weighted by molar-refractivity contribution is -0.115. The largest absolute Gasteiger partial charge is 0.356 e. The molecule has 1 aromatic carbocycles. The number of nitrogens with one attached hydrogen (secondary N) is 3. The van der Waals surface area contributed by atoms with Gasteiger partial charge in [0.15, 0.2) is 5.96 Å². The Labute approximate surface area is 161 Å². The number of carbonyl (C=O) groups excluding carboxylic acids is 1. The number of hydrogen-bond acceptors (Lipinski definition) is 3. The molecule has 0 saturated heterocycles. The Balaban J connectivity index is 0.00000288. The second-order valence-corrected chi connectivity index (χ2v) is 5.77. The molecule has 1 heterocycles. The van der Waals surface area contributed by atoms with E-state index in [1.54, 1.807) is 30.5 Å². The number of hydrogen-bond donors (Lipinski definition) is 3. The van der Waals surface area contributed by atoms with E-state index in [2.05, 4.69) is 27.0 Å². The third-order valence-electron chi connectivity index (χ3n) is 2.99. The van der Waals surface area contributed by atoms with Gasteiger partial charge in [0.05, 0.1) is 6.54 Å². The normalized spacial score (nSPS) is 10.7. The van der Waals surface area contributed by atoms with E-state index in [9.17, 15) is 9.18 Å². The fourth-order valence-electron chi connectivity index (χ4n) is 1.91. The van der Waals surface area contributed by atoms with E-state index < -0.39 is 0 Å². The molecule has 0 fully saturated rings. The average Bonchev–Trinajstić information content (AvgIpc) is 3.04. The SMILES string of the molecule is CN=C(NCCc1cccs1)NCC(=O)Nc1cccc(F)c1.I. The van der Waals surface area contributed by atoms with Gasteiger partial charge in [-0.05, 0) is 36.1 Å². The second-order valence-electron chi connectivity index (χ2n) is 4.74. The number of aliphatic imine (C=N–C) groups is 1. The van der Waals surface area contributed by atoms with Gasteiger partial charge in [-0.3, -0.25) is 9.79 Å². The maximum Gasteiger partial charge on any atom is 0.243 e. The van der Waals surface area contributed by atoms with Gasteiger partial charge in [0.1, 0.15) is 5.82 Å². The van der Waals surface area contributed by atoms with Crippen LogP contribution in [0.4, 0.5) is 10.1 Å². The summed E-state index contributed by atoms with van der Waals surface area (Å²) in [6.07, 6.45) is 0.897. The Morgan fingerprint density at radius 3 is 2.75 bits per heavy atom. The van der Waals surface area contributed by atoms with Crippen molar-refractivity contribution < 1.29 is 9.18 Å². The third-order valence-corrected chi connectivity index (χ3v) is 3.93. The van der Waals surface area contributed by atoms with Crippen molar-refractivity contribution in [2.24, 2.45) is 4.99 Å². The standard InChI is InChI=1S/C16H19FN4OS.HI/c1-18-16(19-8-7-14-6-3-9-23-14)20-11-15(22)21-13-5-2-4-12(17)10-13;/h2-6,9-10H,7-8,11H2,1H3,(H,21,22)(H2,18,19,20);1H. The number of anilines is 1. The lowest BCUT2D eigenvalue weighted by Crippen LogP contribution is -2.42. The van der Waals surface area contributed by atoms with Crippen LogP contribution in [0.15, 0.2) is 46.8 Å². The molecular weight excluding hydrogens is 442 g/mol. The van der Waals surface area contributed by atoms with Gasteiger partial charge >= 0.3 is 0 Å². The molecule has 1 amide bonds. The van der Waals surface area contributed by atoms with Crippen LogP contribution in [-0.2, 0) is 11.2 Å².